The maximum absolute atomic E-state index is 12.8. The van der Waals surface area contributed by atoms with Crippen molar-refractivity contribution in [3.05, 3.63) is 54.0 Å². The lowest BCUT2D eigenvalue weighted by molar-refractivity contribution is -0.124. The predicted octanol–water partition coefficient (Wildman–Crippen LogP) is 2.46. The van der Waals surface area contributed by atoms with Gasteiger partial charge < -0.3 is 24.7 Å². The van der Waals surface area contributed by atoms with E-state index in [0.717, 1.165) is 11.3 Å². The van der Waals surface area contributed by atoms with E-state index in [4.69, 9.17) is 9.15 Å². The second-order valence-corrected chi connectivity index (χ2v) is 7.14. The number of rotatable bonds is 9. The maximum atomic E-state index is 12.8. The average molecular weight is 387 g/mol. The Balaban J connectivity index is 2.08. The molecule has 0 aliphatic carbocycles. The van der Waals surface area contributed by atoms with E-state index < -0.39 is 11.9 Å². The number of likely N-dealkylation sites (N-methyl/N-ethyl adjacent to an activating group) is 1. The normalized spacial score (nSPS) is 13.2. The van der Waals surface area contributed by atoms with Gasteiger partial charge in [0, 0.05) is 12.1 Å². The average Bonchev–Trinajstić information content (AvgIpc) is 3.20. The molecule has 0 spiro atoms. The second-order valence-electron chi connectivity index (χ2n) is 7.14. The number of carbonyl (C=O) groups is 2. The first kappa shape index (κ1) is 21.5. The van der Waals surface area contributed by atoms with Crippen LogP contribution in [0.1, 0.15) is 36.0 Å². The topological polar surface area (TPSA) is 83.8 Å². The van der Waals surface area contributed by atoms with Crippen LogP contribution in [0, 0.1) is 5.92 Å². The Morgan fingerprint density at radius 2 is 1.86 bits per heavy atom. The number of amides is 2. The molecule has 2 amide bonds. The molecule has 7 nitrogen and oxygen atoms in total. The van der Waals surface area contributed by atoms with Gasteiger partial charge in [-0.15, -0.1) is 0 Å². The molecule has 0 radical (unpaired) electrons. The largest absolute Gasteiger partial charge is 0.496 e. The van der Waals surface area contributed by atoms with Crippen LogP contribution in [0.15, 0.2) is 47.1 Å². The maximum Gasteiger partial charge on any atom is 0.287 e. The van der Waals surface area contributed by atoms with E-state index in [0.29, 0.717) is 6.54 Å². The van der Waals surface area contributed by atoms with Crippen LogP contribution >= 0.6 is 0 Å². The van der Waals surface area contributed by atoms with Crippen LogP contribution in [0.4, 0.5) is 0 Å². The molecule has 7 heteroatoms. The van der Waals surface area contributed by atoms with Crippen LogP contribution in [0.3, 0.4) is 0 Å². The minimum absolute atomic E-state index is 0.0753. The fraction of sp³-hybridized carbons (Fsp3) is 0.429. The van der Waals surface area contributed by atoms with E-state index >= 15 is 0 Å². The first-order chi connectivity index (χ1) is 13.3. The molecule has 2 aromatic rings. The summed E-state index contributed by atoms with van der Waals surface area (Å²) in [6, 6.07) is 10.2. The van der Waals surface area contributed by atoms with Crippen molar-refractivity contribution in [3.63, 3.8) is 0 Å². The number of hydrogen-bond acceptors (Lipinski definition) is 5. The Kier molecular flexibility index (Phi) is 7.63. The van der Waals surface area contributed by atoms with Gasteiger partial charge in [-0.05, 0) is 38.2 Å². The molecule has 1 aromatic heterocycles. The standard InChI is InChI=1S/C21H29N3O4/c1-14(2)19(23-20(25)18-11-8-12-28-18)21(26)22-13-16(24(3)4)15-9-6-7-10-17(15)27-5/h6-12,14,16,19H,13H2,1-5H3,(H,22,26)(H,23,25). The zero-order valence-corrected chi connectivity index (χ0v) is 17.1. The van der Waals surface area contributed by atoms with Gasteiger partial charge in [0.25, 0.3) is 5.91 Å². The summed E-state index contributed by atoms with van der Waals surface area (Å²) < 4.78 is 10.6. The summed E-state index contributed by atoms with van der Waals surface area (Å²) in [5.41, 5.74) is 0.982. The van der Waals surface area contributed by atoms with Crippen molar-refractivity contribution < 1.29 is 18.7 Å². The third-order valence-corrected chi connectivity index (χ3v) is 4.57. The van der Waals surface area contributed by atoms with E-state index in [1.807, 2.05) is 57.1 Å². The molecular weight excluding hydrogens is 358 g/mol. The Bertz CT molecular complexity index is 772. The number of furan rings is 1. The summed E-state index contributed by atoms with van der Waals surface area (Å²) in [6.07, 6.45) is 1.42. The first-order valence-corrected chi connectivity index (χ1v) is 9.26. The van der Waals surface area contributed by atoms with E-state index in [1.54, 1.807) is 19.2 Å². The number of carbonyl (C=O) groups excluding carboxylic acids is 2. The molecule has 1 heterocycles. The molecule has 2 unspecified atom stereocenters. The molecule has 0 saturated heterocycles. The van der Waals surface area contributed by atoms with Crippen molar-refractivity contribution in [2.24, 2.45) is 5.92 Å². The van der Waals surface area contributed by atoms with E-state index in [-0.39, 0.29) is 23.6 Å². The molecule has 0 aliphatic heterocycles. The molecule has 2 N–H and O–H groups in total. The van der Waals surface area contributed by atoms with Gasteiger partial charge in [0.2, 0.25) is 5.91 Å². The lowest BCUT2D eigenvalue weighted by Crippen LogP contribution is -2.51. The zero-order valence-electron chi connectivity index (χ0n) is 17.1. The number of nitrogens with one attached hydrogen (secondary N) is 2. The summed E-state index contributed by atoms with van der Waals surface area (Å²) in [5, 5.41) is 5.72. The summed E-state index contributed by atoms with van der Waals surface area (Å²) in [4.78, 5) is 27.1. The number of hydrogen-bond donors (Lipinski definition) is 2. The number of benzene rings is 1. The quantitative estimate of drug-likeness (QED) is 0.691. The van der Waals surface area contributed by atoms with Gasteiger partial charge in [-0.25, -0.2) is 0 Å². The minimum Gasteiger partial charge on any atom is -0.496 e. The van der Waals surface area contributed by atoms with Gasteiger partial charge in [0.05, 0.1) is 19.4 Å². The van der Waals surface area contributed by atoms with E-state index in [2.05, 4.69) is 10.6 Å². The highest BCUT2D eigenvalue weighted by molar-refractivity contribution is 5.95. The van der Waals surface area contributed by atoms with E-state index in [1.165, 1.54) is 6.26 Å². The van der Waals surface area contributed by atoms with Gasteiger partial charge >= 0.3 is 0 Å². The lowest BCUT2D eigenvalue weighted by atomic mass is 10.0. The zero-order chi connectivity index (χ0) is 20.7. The number of nitrogens with zero attached hydrogens (tertiary/aromatic N) is 1. The minimum atomic E-state index is -0.668. The van der Waals surface area contributed by atoms with Crippen molar-refractivity contribution >= 4 is 11.8 Å². The van der Waals surface area contributed by atoms with Gasteiger partial charge in [0.15, 0.2) is 5.76 Å². The third-order valence-electron chi connectivity index (χ3n) is 4.57. The van der Waals surface area contributed by atoms with Crippen molar-refractivity contribution in [2.45, 2.75) is 25.9 Å². The van der Waals surface area contributed by atoms with Crippen molar-refractivity contribution in [2.75, 3.05) is 27.7 Å². The fourth-order valence-corrected chi connectivity index (χ4v) is 2.97. The highest BCUT2D eigenvalue weighted by Crippen LogP contribution is 2.27. The SMILES string of the molecule is COc1ccccc1C(CNC(=O)C(NC(=O)c1ccco1)C(C)C)N(C)C. The highest BCUT2D eigenvalue weighted by Gasteiger charge is 2.27. The van der Waals surface area contributed by atoms with Crippen LogP contribution in [-0.4, -0.2) is 50.5 Å². The molecule has 0 aliphatic rings. The monoisotopic (exact) mass is 387 g/mol. The summed E-state index contributed by atoms with van der Waals surface area (Å²) in [5.74, 6) is 0.216. The van der Waals surface area contributed by atoms with Crippen molar-refractivity contribution in [3.8, 4) is 5.75 Å². The summed E-state index contributed by atoms with van der Waals surface area (Å²) >= 11 is 0. The molecule has 0 saturated carbocycles. The van der Waals surface area contributed by atoms with Crippen LogP contribution in [0.2, 0.25) is 0 Å². The molecule has 152 valence electrons. The lowest BCUT2D eigenvalue weighted by Gasteiger charge is -2.28. The molecule has 0 fully saturated rings. The Labute approximate surface area is 166 Å². The molecule has 28 heavy (non-hydrogen) atoms. The highest BCUT2D eigenvalue weighted by atomic mass is 16.5. The third kappa shape index (κ3) is 5.36. The summed E-state index contributed by atoms with van der Waals surface area (Å²) in [7, 11) is 5.52. The number of para-hydroxylation sites is 1. The molecule has 0 bridgehead atoms. The fourth-order valence-electron chi connectivity index (χ4n) is 2.97. The predicted molar refractivity (Wildman–Crippen MR) is 107 cm³/mol. The van der Waals surface area contributed by atoms with Gasteiger partial charge in [-0.2, -0.15) is 0 Å². The Hall–Kier alpha value is -2.80. The van der Waals surface area contributed by atoms with Crippen LogP contribution < -0.4 is 15.4 Å². The van der Waals surface area contributed by atoms with Crippen molar-refractivity contribution in [1.82, 2.24) is 15.5 Å². The number of methoxy groups -OCH3 is 1. The summed E-state index contributed by atoms with van der Waals surface area (Å²) in [6.45, 7) is 4.15. The smallest absolute Gasteiger partial charge is 0.287 e. The molecule has 2 rings (SSSR count). The first-order valence-electron chi connectivity index (χ1n) is 9.26. The van der Waals surface area contributed by atoms with Crippen LogP contribution in [0.5, 0.6) is 5.75 Å². The van der Waals surface area contributed by atoms with Crippen molar-refractivity contribution in [1.29, 1.82) is 0 Å². The molecule has 1 aromatic carbocycles. The molecule has 2 atom stereocenters. The van der Waals surface area contributed by atoms with Gasteiger partial charge in [-0.3, -0.25) is 9.59 Å². The molecular formula is C21H29N3O4. The Morgan fingerprint density at radius 1 is 1.14 bits per heavy atom. The van der Waals surface area contributed by atoms with Gasteiger partial charge in [-0.1, -0.05) is 32.0 Å². The second kappa shape index (κ2) is 9.94. The Morgan fingerprint density at radius 3 is 2.43 bits per heavy atom. The van der Waals surface area contributed by atoms with Gasteiger partial charge in [0.1, 0.15) is 11.8 Å². The number of ether oxygens (including phenoxy) is 1. The van der Waals surface area contributed by atoms with Crippen LogP contribution in [0.25, 0.3) is 0 Å². The van der Waals surface area contributed by atoms with Crippen LogP contribution in [-0.2, 0) is 4.79 Å². The van der Waals surface area contributed by atoms with E-state index in [9.17, 15) is 9.59 Å².